The largest absolute Gasteiger partial charge is 0.507 e. The second kappa shape index (κ2) is 10.5. The number of anilines is 1. The summed E-state index contributed by atoms with van der Waals surface area (Å²) in [6.07, 6.45) is 3.23. The van der Waals surface area contributed by atoms with Gasteiger partial charge in [-0.2, -0.15) is 0 Å². The summed E-state index contributed by atoms with van der Waals surface area (Å²) in [5.41, 5.74) is 3.95. The van der Waals surface area contributed by atoms with Crippen molar-refractivity contribution in [1.29, 1.82) is 0 Å². The van der Waals surface area contributed by atoms with Crippen molar-refractivity contribution in [3.63, 3.8) is 0 Å². The van der Waals surface area contributed by atoms with Gasteiger partial charge in [0.25, 0.3) is 0 Å². The maximum atomic E-state index is 12.7. The molecule has 5 heteroatoms. The van der Waals surface area contributed by atoms with Gasteiger partial charge in [0.15, 0.2) is 5.78 Å². The van der Waals surface area contributed by atoms with E-state index in [1.807, 2.05) is 73.6 Å². The van der Waals surface area contributed by atoms with Crippen LogP contribution in [-0.2, 0) is 13.1 Å². The van der Waals surface area contributed by atoms with E-state index in [-0.39, 0.29) is 17.1 Å². The van der Waals surface area contributed by atoms with Crippen molar-refractivity contribution in [3.05, 3.63) is 95.1 Å². The number of allylic oxidation sites excluding steroid dienone is 1. The predicted octanol–water partition coefficient (Wildman–Crippen LogP) is 4.65. The number of nitrogens with zero attached hydrogens (tertiary/aromatic N) is 1. The Morgan fingerprint density at radius 1 is 1.00 bits per heavy atom. The summed E-state index contributed by atoms with van der Waals surface area (Å²) in [6.45, 7) is 1.02. The topological polar surface area (TPSA) is 61.8 Å². The fourth-order valence-corrected chi connectivity index (χ4v) is 3.25. The molecule has 5 nitrogen and oxygen atoms in total. The average Bonchev–Trinajstić information content (AvgIpc) is 2.79. The zero-order valence-corrected chi connectivity index (χ0v) is 18.1. The van der Waals surface area contributed by atoms with E-state index in [1.165, 1.54) is 6.08 Å². The first-order chi connectivity index (χ1) is 15.0. The Morgan fingerprint density at radius 2 is 1.71 bits per heavy atom. The molecule has 0 heterocycles. The molecule has 0 atom stereocenters. The number of aromatic hydroxyl groups is 1. The number of nitrogens with one attached hydrogen (secondary N) is 1. The molecule has 3 rings (SSSR count). The van der Waals surface area contributed by atoms with Crippen LogP contribution in [0.1, 0.15) is 27.0 Å². The lowest BCUT2D eigenvalue weighted by Crippen LogP contribution is -2.14. The minimum atomic E-state index is -0.263. The molecule has 0 unspecified atom stereocenters. The summed E-state index contributed by atoms with van der Waals surface area (Å²) >= 11 is 0. The van der Waals surface area contributed by atoms with Crippen LogP contribution in [0.3, 0.4) is 0 Å². The monoisotopic (exact) mass is 416 g/mol. The first kappa shape index (κ1) is 22.1. The molecule has 0 saturated carbocycles. The fraction of sp³-hybridized carbons (Fsp3) is 0.192. The number of phenolic OH excluding ortho intramolecular Hbond substituents is 1. The van der Waals surface area contributed by atoms with Crippen LogP contribution in [-0.4, -0.2) is 32.1 Å². The third-order valence-corrected chi connectivity index (χ3v) is 5.04. The third-order valence-electron chi connectivity index (χ3n) is 5.04. The Balaban J connectivity index is 1.74. The molecule has 3 aromatic carbocycles. The maximum absolute atomic E-state index is 12.7. The van der Waals surface area contributed by atoms with Gasteiger partial charge in [-0.3, -0.25) is 4.79 Å². The van der Waals surface area contributed by atoms with E-state index in [0.717, 1.165) is 16.8 Å². The van der Waals surface area contributed by atoms with Crippen LogP contribution in [0.5, 0.6) is 11.5 Å². The molecular weight excluding hydrogens is 388 g/mol. The number of benzene rings is 3. The maximum Gasteiger partial charge on any atom is 0.189 e. The highest BCUT2D eigenvalue weighted by Crippen LogP contribution is 2.32. The van der Waals surface area contributed by atoms with Gasteiger partial charge >= 0.3 is 0 Å². The summed E-state index contributed by atoms with van der Waals surface area (Å²) < 4.78 is 5.39. The van der Waals surface area contributed by atoms with Crippen LogP contribution in [0.2, 0.25) is 0 Å². The lowest BCUT2D eigenvalue weighted by molar-refractivity contribution is 0.104. The zero-order chi connectivity index (χ0) is 22.2. The molecular formula is C26H28N2O3. The SMILES string of the molecule is COc1ccc(C(=O)/C=C/c2ccc(N(C)C)cc2)c(O)c1CNCc1ccccc1. The Bertz CT molecular complexity index is 1040. The molecule has 2 N–H and O–H groups in total. The Labute approximate surface area is 183 Å². The number of ether oxygens (including phenoxy) is 1. The molecule has 0 aliphatic heterocycles. The van der Waals surface area contributed by atoms with Crippen molar-refractivity contribution in [2.45, 2.75) is 13.1 Å². The van der Waals surface area contributed by atoms with Crippen LogP contribution in [0.4, 0.5) is 5.69 Å². The molecule has 0 aliphatic rings. The van der Waals surface area contributed by atoms with Crippen LogP contribution in [0.15, 0.2) is 72.8 Å². The zero-order valence-electron chi connectivity index (χ0n) is 18.1. The smallest absolute Gasteiger partial charge is 0.189 e. The highest BCUT2D eigenvalue weighted by atomic mass is 16.5. The Morgan fingerprint density at radius 3 is 2.35 bits per heavy atom. The van der Waals surface area contributed by atoms with Crippen LogP contribution in [0.25, 0.3) is 6.08 Å². The molecule has 0 amide bonds. The number of phenols is 1. The Kier molecular flexibility index (Phi) is 7.46. The number of carbonyl (C=O) groups excluding carboxylic acids is 1. The second-order valence-electron chi connectivity index (χ2n) is 7.42. The molecule has 31 heavy (non-hydrogen) atoms. The van der Waals surface area contributed by atoms with Gasteiger partial charge in [0, 0.05) is 32.9 Å². The fourth-order valence-electron chi connectivity index (χ4n) is 3.25. The summed E-state index contributed by atoms with van der Waals surface area (Å²) in [5, 5.41) is 14.1. The minimum Gasteiger partial charge on any atom is -0.507 e. The summed E-state index contributed by atoms with van der Waals surface area (Å²) in [4.78, 5) is 14.8. The summed E-state index contributed by atoms with van der Waals surface area (Å²) in [7, 11) is 5.51. The van der Waals surface area contributed by atoms with Crippen molar-refractivity contribution in [2.75, 3.05) is 26.1 Å². The number of hydrogen-bond donors (Lipinski definition) is 2. The normalized spacial score (nSPS) is 10.9. The summed E-state index contributed by atoms with van der Waals surface area (Å²) in [5.74, 6) is 0.219. The quantitative estimate of drug-likeness (QED) is 0.393. The molecule has 0 bridgehead atoms. The van der Waals surface area contributed by atoms with E-state index in [0.29, 0.717) is 24.4 Å². The van der Waals surface area contributed by atoms with E-state index in [4.69, 9.17) is 4.74 Å². The van der Waals surface area contributed by atoms with E-state index < -0.39 is 0 Å². The van der Waals surface area contributed by atoms with Gasteiger partial charge in [-0.1, -0.05) is 48.5 Å². The molecule has 0 spiro atoms. The van der Waals surface area contributed by atoms with Crippen LogP contribution >= 0.6 is 0 Å². The molecule has 0 aromatic heterocycles. The third kappa shape index (κ3) is 5.74. The molecule has 0 fully saturated rings. The predicted molar refractivity (Wildman–Crippen MR) is 126 cm³/mol. The van der Waals surface area contributed by atoms with Gasteiger partial charge < -0.3 is 20.1 Å². The standard InChI is InChI=1S/C26H28N2O3/c1-28(2)21-12-9-19(10-13-21)11-15-24(29)22-14-16-25(31-3)23(26(22)30)18-27-17-20-7-5-4-6-8-20/h4-16,27,30H,17-18H2,1-3H3/b15-11+. The van der Waals surface area contributed by atoms with E-state index >= 15 is 0 Å². The number of carbonyl (C=O) groups is 1. The molecule has 3 aromatic rings. The van der Waals surface area contributed by atoms with Crippen molar-refractivity contribution >= 4 is 17.5 Å². The van der Waals surface area contributed by atoms with Gasteiger partial charge in [0.05, 0.1) is 18.2 Å². The second-order valence-corrected chi connectivity index (χ2v) is 7.42. The minimum absolute atomic E-state index is 0.0579. The average molecular weight is 417 g/mol. The van der Waals surface area contributed by atoms with Gasteiger partial charge in [-0.15, -0.1) is 0 Å². The number of hydrogen-bond acceptors (Lipinski definition) is 5. The highest BCUT2D eigenvalue weighted by molar-refractivity contribution is 6.09. The first-order valence-electron chi connectivity index (χ1n) is 10.1. The van der Waals surface area contributed by atoms with E-state index in [2.05, 4.69) is 5.32 Å². The molecule has 0 saturated heterocycles. The highest BCUT2D eigenvalue weighted by Gasteiger charge is 2.17. The lowest BCUT2D eigenvalue weighted by Gasteiger charge is -2.14. The van der Waals surface area contributed by atoms with Crippen molar-refractivity contribution in [2.24, 2.45) is 0 Å². The van der Waals surface area contributed by atoms with Gasteiger partial charge in [-0.05, 0) is 41.5 Å². The van der Waals surface area contributed by atoms with Gasteiger partial charge in [-0.25, -0.2) is 0 Å². The van der Waals surface area contributed by atoms with E-state index in [9.17, 15) is 9.90 Å². The van der Waals surface area contributed by atoms with Gasteiger partial charge in [0.1, 0.15) is 11.5 Å². The molecule has 160 valence electrons. The van der Waals surface area contributed by atoms with Crippen molar-refractivity contribution in [3.8, 4) is 11.5 Å². The number of ketones is 1. The van der Waals surface area contributed by atoms with Gasteiger partial charge in [0.2, 0.25) is 0 Å². The van der Waals surface area contributed by atoms with Crippen molar-refractivity contribution < 1.29 is 14.6 Å². The molecule has 0 radical (unpaired) electrons. The molecule has 0 aliphatic carbocycles. The first-order valence-corrected chi connectivity index (χ1v) is 10.1. The van der Waals surface area contributed by atoms with Crippen LogP contribution < -0.4 is 15.0 Å². The number of rotatable bonds is 9. The van der Waals surface area contributed by atoms with Crippen molar-refractivity contribution in [1.82, 2.24) is 5.32 Å². The van der Waals surface area contributed by atoms with E-state index in [1.54, 1.807) is 25.3 Å². The number of methoxy groups -OCH3 is 1. The lowest BCUT2D eigenvalue weighted by atomic mass is 10.0. The Hall–Kier alpha value is -3.57. The summed E-state index contributed by atoms with van der Waals surface area (Å²) in [6, 6.07) is 21.2. The van der Waals surface area contributed by atoms with Crippen LogP contribution in [0, 0.1) is 0 Å².